The molecular weight excluding hydrogens is 386 g/mol. The van der Waals surface area contributed by atoms with Crippen molar-refractivity contribution in [1.29, 1.82) is 0 Å². The monoisotopic (exact) mass is 414 g/mol. The number of nitrogens with one attached hydrogen (secondary N) is 2. The first-order chi connectivity index (χ1) is 13.0. The number of carbonyl (C=O) groups excluding carboxylic acids is 1. The van der Waals surface area contributed by atoms with Gasteiger partial charge >= 0.3 is 0 Å². The van der Waals surface area contributed by atoms with Crippen molar-refractivity contribution in [2.45, 2.75) is 74.9 Å². The summed E-state index contributed by atoms with van der Waals surface area (Å²) < 4.78 is 31.9. The molecule has 3 aliphatic rings. The lowest BCUT2D eigenvalue weighted by molar-refractivity contribution is -0.0399. The van der Waals surface area contributed by atoms with E-state index in [4.69, 9.17) is 4.74 Å². The van der Waals surface area contributed by atoms with Crippen molar-refractivity contribution in [2.24, 2.45) is 0 Å². The van der Waals surface area contributed by atoms with E-state index in [2.05, 4.69) is 16.7 Å². The summed E-state index contributed by atoms with van der Waals surface area (Å²) in [5.41, 5.74) is 1.81. The van der Waals surface area contributed by atoms with E-state index in [1.807, 2.05) is 12.1 Å². The van der Waals surface area contributed by atoms with Crippen LogP contribution in [0, 0.1) is 0 Å². The third-order valence-electron chi connectivity index (χ3n) is 6.09. The molecule has 28 heavy (non-hydrogen) atoms. The predicted octanol–water partition coefficient (Wildman–Crippen LogP) is 4.04. The number of benzene rings is 1. The van der Waals surface area contributed by atoms with Gasteiger partial charge in [0, 0.05) is 55.7 Å². The zero-order valence-corrected chi connectivity index (χ0v) is 16.8. The summed E-state index contributed by atoms with van der Waals surface area (Å²) >= 11 is 0. The summed E-state index contributed by atoms with van der Waals surface area (Å²) in [6, 6.07) is 8.63. The maximum Gasteiger partial charge on any atom is 0.251 e. The molecule has 7 heteroatoms. The van der Waals surface area contributed by atoms with E-state index in [1.165, 1.54) is 5.56 Å². The molecule has 156 valence electrons. The fraction of sp³-hybridized carbons (Fsp3) is 0.667. The van der Waals surface area contributed by atoms with Crippen LogP contribution >= 0.6 is 12.4 Å². The molecule has 0 radical (unpaired) electrons. The van der Waals surface area contributed by atoms with Gasteiger partial charge in [-0.3, -0.25) is 4.79 Å². The van der Waals surface area contributed by atoms with Crippen LogP contribution < -0.4 is 10.6 Å². The first-order valence-corrected chi connectivity index (χ1v) is 10.1. The van der Waals surface area contributed by atoms with E-state index in [9.17, 15) is 13.6 Å². The summed E-state index contributed by atoms with van der Waals surface area (Å²) in [6.07, 6.45) is 3.63. The summed E-state index contributed by atoms with van der Waals surface area (Å²) in [6.45, 7) is 1.66. The SMILES string of the molecule is Cl.O=C(NC1CCC(F)(F)CC1)c1cccc(C2CC2NC2CCOCC2)c1. The van der Waals surface area contributed by atoms with Crippen molar-refractivity contribution < 1.29 is 18.3 Å². The summed E-state index contributed by atoms with van der Waals surface area (Å²) in [5.74, 6) is -2.27. The lowest BCUT2D eigenvalue weighted by atomic mass is 9.92. The number of rotatable bonds is 5. The normalized spacial score (nSPS) is 27.6. The second-order valence-electron chi connectivity index (χ2n) is 8.23. The highest BCUT2D eigenvalue weighted by molar-refractivity contribution is 5.94. The second-order valence-corrected chi connectivity index (χ2v) is 8.23. The highest BCUT2D eigenvalue weighted by Crippen LogP contribution is 2.41. The molecule has 1 amide bonds. The fourth-order valence-corrected chi connectivity index (χ4v) is 4.28. The number of amides is 1. The molecule has 2 N–H and O–H groups in total. The van der Waals surface area contributed by atoms with Gasteiger partial charge in [0.15, 0.2) is 0 Å². The molecule has 1 heterocycles. The Morgan fingerprint density at radius 3 is 2.50 bits per heavy atom. The largest absolute Gasteiger partial charge is 0.381 e. The maximum atomic E-state index is 13.3. The van der Waals surface area contributed by atoms with Crippen LogP contribution in [0.3, 0.4) is 0 Å². The lowest BCUT2D eigenvalue weighted by Crippen LogP contribution is -2.40. The molecule has 1 aromatic carbocycles. The molecule has 0 bridgehead atoms. The Bertz CT molecular complexity index is 672. The summed E-state index contributed by atoms with van der Waals surface area (Å²) in [4.78, 5) is 12.5. The van der Waals surface area contributed by atoms with Gasteiger partial charge < -0.3 is 15.4 Å². The zero-order valence-electron chi connectivity index (χ0n) is 16.0. The van der Waals surface area contributed by atoms with Gasteiger partial charge in [-0.1, -0.05) is 12.1 Å². The highest BCUT2D eigenvalue weighted by atomic mass is 35.5. The Hall–Kier alpha value is -1.24. The number of ether oxygens (including phenoxy) is 1. The molecule has 2 atom stereocenters. The quantitative estimate of drug-likeness (QED) is 0.764. The Balaban J connectivity index is 0.00000225. The Kier molecular flexibility index (Phi) is 6.94. The van der Waals surface area contributed by atoms with Crippen LogP contribution in [-0.4, -0.2) is 43.2 Å². The van der Waals surface area contributed by atoms with Crippen molar-refractivity contribution in [3.8, 4) is 0 Å². The maximum absolute atomic E-state index is 13.3. The number of alkyl halides is 2. The molecule has 2 aliphatic carbocycles. The first kappa shape index (κ1) is 21.5. The van der Waals surface area contributed by atoms with Crippen molar-refractivity contribution in [3.63, 3.8) is 0 Å². The molecule has 3 fully saturated rings. The van der Waals surface area contributed by atoms with Gasteiger partial charge in [0.05, 0.1) is 0 Å². The van der Waals surface area contributed by atoms with Crippen LogP contribution in [0.2, 0.25) is 0 Å². The Morgan fingerprint density at radius 1 is 1.07 bits per heavy atom. The number of carbonyl (C=O) groups is 1. The number of hydrogen-bond donors (Lipinski definition) is 2. The first-order valence-electron chi connectivity index (χ1n) is 10.1. The van der Waals surface area contributed by atoms with Crippen molar-refractivity contribution in [3.05, 3.63) is 35.4 Å². The standard InChI is InChI=1S/C21H28F2N2O2.ClH/c22-21(23)8-4-16(5-9-21)25-20(26)15-3-1-2-14(12-15)18-13-19(18)24-17-6-10-27-11-7-17;/h1-3,12,16-19,24H,4-11,13H2,(H,25,26);1H. The van der Waals surface area contributed by atoms with Crippen LogP contribution in [0.15, 0.2) is 24.3 Å². The lowest BCUT2D eigenvalue weighted by Gasteiger charge is -2.28. The third-order valence-corrected chi connectivity index (χ3v) is 6.09. The van der Waals surface area contributed by atoms with E-state index >= 15 is 0 Å². The highest BCUT2D eigenvalue weighted by Gasteiger charge is 2.40. The predicted molar refractivity (Wildman–Crippen MR) is 106 cm³/mol. The fourth-order valence-electron chi connectivity index (χ4n) is 4.28. The van der Waals surface area contributed by atoms with Gasteiger partial charge in [0.1, 0.15) is 0 Å². The average molecular weight is 415 g/mol. The Labute approximate surface area is 171 Å². The van der Waals surface area contributed by atoms with E-state index < -0.39 is 5.92 Å². The molecule has 4 rings (SSSR count). The Morgan fingerprint density at radius 2 is 1.79 bits per heavy atom. The van der Waals surface area contributed by atoms with Crippen molar-refractivity contribution in [1.82, 2.24) is 10.6 Å². The minimum atomic E-state index is -2.57. The van der Waals surface area contributed by atoms with Gasteiger partial charge in [-0.05, 0) is 49.8 Å². The molecule has 1 aromatic rings. The average Bonchev–Trinajstić information content (AvgIpc) is 3.43. The molecule has 0 spiro atoms. The second kappa shape index (κ2) is 9.06. The minimum absolute atomic E-state index is 0. The van der Waals surface area contributed by atoms with E-state index in [0.29, 0.717) is 36.4 Å². The topological polar surface area (TPSA) is 50.4 Å². The van der Waals surface area contributed by atoms with Crippen LogP contribution in [0.1, 0.15) is 66.8 Å². The minimum Gasteiger partial charge on any atom is -0.381 e. The number of halogens is 3. The van der Waals surface area contributed by atoms with E-state index in [-0.39, 0.29) is 37.2 Å². The molecule has 4 nitrogen and oxygen atoms in total. The molecule has 2 unspecified atom stereocenters. The van der Waals surface area contributed by atoms with Gasteiger partial charge in [-0.25, -0.2) is 8.78 Å². The van der Waals surface area contributed by atoms with Crippen LogP contribution in [0.5, 0.6) is 0 Å². The summed E-state index contributed by atoms with van der Waals surface area (Å²) in [7, 11) is 0. The smallest absolute Gasteiger partial charge is 0.251 e. The van der Waals surface area contributed by atoms with Crippen molar-refractivity contribution in [2.75, 3.05) is 13.2 Å². The van der Waals surface area contributed by atoms with Crippen LogP contribution in [0.4, 0.5) is 8.78 Å². The summed E-state index contributed by atoms with van der Waals surface area (Å²) in [5, 5.41) is 6.65. The van der Waals surface area contributed by atoms with Crippen LogP contribution in [0.25, 0.3) is 0 Å². The van der Waals surface area contributed by atoms with Gasteiger partial charge in [-0.2, -0.15) is 0 Å². The van der Waals surface area contributed by atoms with Crippen molar-refractivity contribution >= 4 is 18.3 Å². The molecule has 1 saturated heterocycles. The molecule has 1 aliphatic heterocycles. The van der Waals surface area contributed by atoms with Gasteiger partial charge in [0.2, 0.25) is 5.92 Å². The van der Waals surface area contributed by atoms with E-state index in [1.54, 1.807) is 6.07 Å². The molecule has 0 aromatic heterocycles. The van der Waals surface area contributed by atoms with Gasteiger partial charge in [-0.15, -0.1) is 12.4 Å². The molecular formula is C21H29ClF2N2O2. The zero-order chi connectivity index (χ0) is 18.9. The number of hydrogen-bond acceptors (Lipinski definition) is 3. The van der Waals surface area contributed by atoms with Gasteiger partial charge in [0.25, 0.3) is 5.91 Å². The van der Waals surface area contributed by atoms with E-state index in [0.717, 1.165) is 32.5 Å². The third kappa shape index (κ3) is 5.43. The molecule has 2 saturated carbocycles. The van der Waals surface area contributed by atoms with Crippen LogP contribution in [-0.2, 0) is 4.74 Å².